The smallest absolute Gasteiger partial charge is 0.317 e. The van der Waals surface area contributed by atoms with E-state index in [-0.39, 0.29) is 57.3 Å². The van der Waals surface area contributed by atoms with Crippen molar-refractivity contribution in [3.8, 4) is 11.5 Å². The Morgan fingerprint density at radius 3 is 2.30 bits per heavy atom. The molecule has 18 nitrogen and oxygen atoms in total. The number of halogens is 1. The Hall–Kier alpha value is -4.67. The van der Waals surface area contributed by atoms with Gasteiger partial charge in [0.25, 0.3) is 11.7 Å². The molecule has 378 valence electrons. The predicted octanol–water partition coefficient (Wildman–Crippen LogP) is 4.26. The van der Waals surface area contributed by atoms with Crippen LogP contribution in [0.3, 0.4) is 0 Å². The molecule has 1 saturated heterocycles. The summed E-state index contributed by atoms with van der Waals surface area (Å²) >= 11 is 2.39. The summed E-state index contributed by atoms with van der Waals surface area (Å²) < 4.78 is 29.9. The van der Waals surface area contributed by atoms with E-state index in [9.17, 15) is 39.3 Å². The highest BCUT2D eigenvalue weighted by Gasteiger charge is 2.54. The maximum absolute atomic E-state index is 14.9. The molecule has 1 aromatic carbocycles. The number of methoxy groups -OCH3 is 1. The molecule has 0 radical (unpaired) electrons. The van der Waals surface area contributed by atoms with E-state index in [1.807, 2.05) is 19.0 Å². The van der Waals surface area contributed by atoms with Crippen molar-refractivity contribution in [1.29, 1.82) is 0 Å². The first-order valence-corrected chi connectivity index (χ1v) is 24.8. The number of esters is 2. The largest absolute Gasteiger partial charge is 0.507 e. The number of benzene rings is 1. The van der Waals surface area contributed by atoms with Crippen LogP contribution in [0.1, 0.15) is 99.6 Å². The second kappa shape index (κ2) is 21.8. The highest BCUT2D eigenvalue weighted by atomic mass is 127. The molecule has 19 heteroatoms. The number of nitrogens with zero attached hydrogens (tertiary/aromatic N) is 3. The molecule has 1 aromatic rings. The average Bonchev–Trinajstić information content (AvgIpc) is 3.79. The van der Waals surface area contributed by atoms with Crippen molar-refractivity contribution in [2.24, 2.45) is 28.7 Å². The van der Waals surface area contributed by atoms with Gasteiger partial charge in [0.2, 0.25) is 5.78 Å². The number of likely N-dealkylation sites (tertiary alicyclic amines) is 1. The number of fused-ring (bicyclic) bond motifs is 3. The van der Waals surface area contributed by atoms with Crippen LogP contribution in [0.15, 0.2) is 52.5 Å². The fourth-order valence-electron chi connectivity index (χ4n) is 9.63. The minimum Gasteiger partial charge on any atom is -0.507 e. The van der Waals surface area contributed by atoms with Crippen LogP contribution in [-0.4, -0.2) is 154 Å². The first-order valence-electron chi connectivity index (χ1n) is 23.5. The van der Waals surface area contributed by atoms with Crippen LogP contribution >= 0.6 is 22.6 Å². The van der Waals surface area contributed by atoms with Crippen LogP contribution in [-0.2, 0) is 33.3 Å². The molecule has 6 rings (SSSR count). The van der Waals surface area contributed by atoms with E-state index in [0.29, 0.717) is 36.4 Å². The van der Waals surface area contributed by atoms with Gasteiger partial charge in [-0.05, 0) is 34.0 Å². The van der Waals surface area contributed by atoms with Gasteiger partial charge in [0.1, 0.15) is 42.0 Å². The molecule has 1 aliphatic carbocycles. The van der Waals surface area contributed by atoms with E-state index in [0.717, 1.165) is 6.54 Å². The molecule has 1 fully saturated rings. The van der Waals surface area contributed by atoms with Gasteiger partial charge in [0, 0.05) is 97.4 Å². The fourth-order valence-corrected chi connectivity index (χ4v) is 10.2. The number of hydrogen-bond acceptors (Lipinski definition) is 17. The number of amides is 1. The third kappa shape index (κ3) is 11.3. The minimum atomic E-state index is -2.03. The van der Waals surface area contributed by atoms with Gasteiger partial charge in [0.05, 0.1) is 47.1 Å². The lowest BCUT2D eigenvalue weighted by Gasteiger charge is -2.38. The minimum absolute atomic E-state index is 0.00500. The zero-order valence-electron chi connectivity index (χ0n) is 41.4. The molecule has 1 amide bonds. The molecule has 4 heterocycles. The van der Waals surface area contributed by atoms with Crippen molar-refractivity contribution in [1.82, 2.24) is 20.4 Å². The number of carbonyl (C=O) groups is 5. The number of aliphatic hydroxyl groups is 2. The number of carbonyl (C=O) groups excluding carboxylic acids is 5. The number of likely N-dealkylation sites (N-methyl/N-ethyl adjacent to an activating group) is 1. The monoisotopic (exact) mass is 1070 g/mol. The van der Waals surface area contributed by atoms with Crippen molar-refractivity contribution in [3.63, 3.8) is 0 Å². The highest BCUT2D eigenvalue weighted by molar-refractivity contribution is 14.1. The number of rotatable bonds is 9. The quantitative estimate of drug-likeness (QED) is 0.101. The van der Waals surface area contributed by atoms with Crippen LogP contribution in [0.5, 0.6) is 11.5 Å². The average molecular weight is 1070 g/mol. The number of phenolic OH excluding ortho intramolecular Hbond substituents is 1. The summed E-state index contributed by atoms with van der Waals surface area (Å²) in [6.07, 6.45) is 3.54. The van der Waals surface area contributed by atoms with Crippen LogP contribution in [0.4, 0.5) is 0 Å². The number of hydrogen-bond donors (Lipinski definition) is 5. The van der Waals surface area contributed by atoms with Gasteiger partial charge in [-0.2, -0.15) is 0 Å². The van der Waals surface area contributed by atoms with Crippen molar-refractivity contribution >= 4 is 57.7 Å². The second-order valence-electron chi connectivity index (χ2n) is 19.5. The van der Waals surface area contributed by atoms with E-state index in [1.165, 1.54) is 39.4 Å². The molecule has 1 unspecified atom stereocenters. The number of Topliss-reactive ketones (excluding diaryl/α,β-unsaturated/α-hetero) is 2. The van der Waals surface area contributed by atoms with Gasteiger partial charge < -0.3 is 59.4 Å². The standard InChI is InChI=1S/C50H68IN5O13/c1-25-13-12-14-26(2)48(64)52-40-39-38(53-50(54-39)16-18-56(19-17-50)24-27(3)51)35-36(44(40)62)43(61)31(7)46-37(35)47(63)49(8,69-46)67-21-15-32(65-11)28(4)45(30(6)42(60)29(5)41(25)59)68-34(58)23-33(57)66-22-20-55(9)10/h12-15,21,25,27-30,32,41-42,45,54,59-61H,16-20,22-24H2,1-11H3,(H,52,64)/b13-12+,21-15+,26-14-/t25-,27?,28+,29+,30+,32-,41-,42+,45+,49-/m0/s1. The van der Waals surface area contributed by atoms with E-state index >= 15 is 0 Å². The van der Waals surface area contributed by atoms with Gasteiger partial charge in [-0.1, -0.05) is 75.4 Å². The van der Waals surface area contributed by atoms with Crippen LogP contribution < -0.4 is 15.4 Å². The Kier molecular flexibility index (Phi) is 16.9. The van der Waals surface area contributed by atoms with Crippen molar-refractivity contribution in [2.75, 3.05) is 54.0 Å². The molecule has 69 heavy (non-hydrogen) atoms. The van der Waals surface area contributed by atoms with Gasteiger partial charge in [-0.15, -0.1) is 0 Å². The zero-order valence-corrected chi connectivity index (χ0v) is 43.5. The third-order valence-electron chi connectivity index (χ3n) is 13.9. The van der Waals surface area contributed by atoms with Crippen molar-refractivity contribution < 1.29 is 63.0 Å². The molecular weight excluding hydrogens is 1010 g/mol. The molecule has 10 atom stereocenters. The number of alkyl halides is 1. The molecule has 5 N–H and O–H groups in total. The molecular formula is C50H68IN5O13. The Bertz CT molecular complexity index is 2350. The topological polar surface area (TPSA) is 235 Å². The summed E-state index contributed by atoms with van der Waals surface area (Å²) in [6.45, 7) is 16.2. The summed E-state index contributed by atoms with van der Waals surface area (Å²) in [4.78, 5) is 79.1. The molecule has 5 aliphatic rings. The van der Waals surface area contributed by atoms with Gasteiger partial charge in [-0.3, -0.25) is 29.0 Å². The number of ketones is 2. The first kappa shape index (κ1) is 53.7. The molecule has 4 aliphatic heterocycles. The Labute approximate surface area is 417 Å². The zero-order chi connectivity index (χ0) is 50.9. The lowest BCUT2D eigenvalue weighted by Crippen LogP contribution is -2.51. The molecule has 0 aromatic heterocycles. The summed E-state index contributed by atoms with van der Waals surface area (Å²) in [5.41, 5.74) is -0.459. The van der Waals surface area contributed by atoms with E-state index in [4.69, 9.17) is 28.7 Å². The maximum atomic E-state index is 14.9. The summed E-state index contributed by atoms with van der Waals surface area (Å²) in [5, 5.41) is 41.5. The Balaban J connectivity index is 1.43. The van der Waals surface area contributed by atoms with Crippen LogP contribution in [0.25, 0.3) is 0 Å². The van der Waals surface area contributed by atoms with Gasteiger partial charge in [-0.25, -0.2) is 0 Å². The molecule has 1 spiro atoms. The number of allylic oxidation sites excluding steroid dienone is 4. The maximum Gasteiger partial charge on any atom is 0.317 e. The third-order valence-corrected chi connectivity index (χ3v) is 14.3. The molecule has 0 saturated carbocycles. The highest BCUT2D eigenvalue weighted by Crippen LogP contribution is 2.50. The van der Waals surface area contributed by atoms with E-state index in [2.05, 4.69) is 45.0 Å². The number of aliphatic imine (C=N–C) groups is 1. The van der Waals surface area contributed by atoms with Crippen LogP contribution in [0, 0.1) is 30.6 Å². The van der Waals surface area contributed by atoms with E-state index < -0.39 is 101 Å². The lowest BCUT2D eigenvalue weighted by molar-refractivity contribution is -0.167. The predicted molar refractivity (Wildman–Crippen MR) is 264 cm³/mol. The number of phenols is 1. The number of piperidine rings is 1. The number of ether oxygens (including phenoxy) is 5. The number of nitrogens with one attached hydrogen (secondary N) is 2. The lowest BCUT2D eigenvalue weighted by atomic mass is 9.78. The fraction of sp³-hybridized carbons (Fsp3) is 0.600. The summed E-state index contributed by atoms with van der Waals surface area (Å²) in [6, 6.07) is 0. The number of aliphatic hydroxyl groups excluding tert-OH is 2. The summed E-state index contributed by atoms with van der Waals surface area (Å²) in [7, 11) is 5.05. The first-order chi connectivity index (χ1) is 32.4. The SMILES string of the molecule is CO[C@H]1/C=C/O[C@@]2(C)Oc3c(C)c(O)c4c(c3C2=O)C2=NC3(CCN(CC(C)I)CC3)NC2=C(NC(=O)/C(C)=C\C=C\[C@H](C)[C@H](O)[C@@H](C)[C@@H](O)[C@@H](C)[C@H](OC(=O)CC(=O)OCCN(C)C)[C@@H]1C)C4=O. The van der Waals surface area contributed by atoms with Gasteiger partial charge >= 0.3 is 17.7 Å². The van der Waals surface area contributed by atoms with E-state index in [1.54, 1.807) is 46.8 Å². The second-order valence-corrected chi connectivity index (χ2v) is 21.6. The van der Waals surface area contributed by atoms with Crippen molar-refractivity contribution in [3.05, 3.63) is 69.8 Å². The Morgan fingerprint density at radius 1 is 0.986 bits per heavy atom. The summed E-state index contributed by atoms with van der Waals surface area (Å²) in [5.74, 6) is -9.11. The Morgan fingerprint density at radius 2 is 1.67 bits per heavy atom. The van der Waals surface area contributed by atoms with Crippen molar-refractivity contribution in [2.45, 2.75) is 114 Å². The normalized spacial score (nSPS) is 31.7. The van der Waals surface area contributed by atoms with Crippen LogP contribution in [0.2, 0.25) is 0 Å². The van der Waals surface area contributed by atoms with Gasteiger partial charge in [0.15, 0.2) is 0 Å². The molecule has 5 bridgehead atoms. The number of aromatic hydroxyl groups is 1.